The molecule has 0 aliphatic carbocycles. The van der Waals surface area contributed by atoms with E-state index in [9.17, 15) is 14.4 Å². The molecule has 5 aromatic rings. The maximum absolute atomic E-state index is 13.6. The van der Waals surface area contributed by atoms with E-state index in [1.54, 1.807) is 66.7 Å². The van der Waals surface area contributed by atoms with E-state index in [-0.39, 0.29) is 11.6 Å². The molecule has 0 aliphatic rings. The first kappa shape index (κ1) is 34.9. The number of thiazole rings is 1. The van der Waals surface area contributed by atoms with Gasteiger partial charge >= 0.3 is 0 Å². The lowest BCUT2D eigenvalue weighted by atomic mass is 10.1. The number of thioether (sulfide) groups is 1. The van der Waals surface area contributed by atoms with Crippen molar-refractivity contribution in [3.8, 4) is 22.8 Å². The van der Waals surface area contributed by atoms with Gasteiger partial charge in [-0.05, 0) is 74.9 Å². The molecule has 3 N–H and O–H groups in total. The van der Waals surface area contributed by atoms with Crippen LogP contribution in [0.2, 0.25) is 0 Å². The van der Waals surface area contributed by atoms with Gasteiger partial charge in [-0.3, -0.25) is 14.4 Å². The average molecular weight is 693 g/mol. The molecule has 1 aromatic heterocycles. The van der Waals surface area contributed by atoms with Crippen molar-refractivity contribution in [2.24, 2.45) is 0 Å². The van der Waals surface area contributed by atoms with Gasteiger partial charge in [-0.15, -0.1) is 23.1 Å². The number of benzene rings is 4. The van der Waals surface area contributed by atoms with Gasteiger partial charge in [0.1, 0.15) is 5.70 Å². The number of methoxy groups -OCH3 is 2. The maximum Gasteiger partial charge on any atom is 0.272 e. The highest BCUT2D eigenvalue weighted by Crippen LogP contribution is 2.32. The second-order valence-electron chi connectivity index (χ2n) is 11.0. The number of anilines is 2. The molecule has 1 heterocycles. The second-order valence-corrected chi connectivity index (χ2v) is 13.6. The molecule has 49 heavy (non-hydrogen) atoms. The van der Waals surface area contributed by atoms with E-state index in [2.05, 4.69) is 20.9 Å². The lowest BCUT2D eigenvalue weighted by molar-refractivity contribution is -0.115. The molecule has 250 valence electrons. The second kappa shape index (κ2) is 16.1. The Bertz CT molecular complexity index is 1990. The summed E-state index contributed by atoms with van der Waals surface area (Å²) >= 11 is 2.79. The van der Waals surface area contributed by atoms with Crippen LogP contribution in [0.4, 0.5) is 10.8 Å². The third-order valence-corrected chi connectivity index (χ3v) is 9.35. The Hall–Kier alpha value is -5.39. The molecule has 4 aromatic carbocycles. The molecule has 0 spiro atoms. The number of aryl methyl sites for hydroxylation is 2. The van der Waals surface area contributed by atoms with Gasteiger partial charge in [0.2, 0.25) is 5.91 Å². The van der Waals surface area contributed by atoms with Crippen LogP contribution >= 0.6 is 23.1 Å². The molecule has 0 bridgehead atoms. The van der Waals surface area contributed by atoms with Crippen molar-refractivity contribution in [1.29, 1.82) is 0 Å². The quantitative estimate of drug-likeness (QED) is 0.0897. The molecule has 1 atom stereocenters. The van der Waals surface area contributed by atoms with Crippen LogP contribution in [0.25, 0.3) is 17.3 Å². The van der Waals surface area contributed by atoms with Crippen LogP contribution in [0.3, 0.4) is 0 Å². The van der Waals surface area contributed by atoms with Crippen molar-refractivity contribution in [2.45, 2.75) is 30.9 Å². The molecular formula is C38H36N4O5S2. The lowest BCUT2D eigenvalue weighted by Gasteiger charge is -2.14. The summed E-state index contributed by atoms with van der Waals surface area (Å²) in [7, 11) is 3.06. The predicted octanol–water partition coefficient (Wildman–Crippen LogP) is 7.97. The van der Waals surface area contributed by atoms with Gasteiger partial charge in [0.25, 0.3) is 11.8 Å². The van der Waals surface area contributed by atoms with Crippen molar-refractivity contribution in [3.63, 3.8) is 0 Å². The Kier molecular flexibility index (Phi) is 11.5. The summed E-state index contributed by atoms with van der Waals surface area (Å²) in [4.78, 5) is 46.3. The Labute approximate surface area is 293 Å². The number of ether oxygens (including phenoxy) is 2. The molecule has 3 amide bonds. The highest BCUT2D eigenvalue weighted by atomic mass is 32.2. The highest BCUT2D eigenvalue weighted by molar-refractivity contribution is 8.00. The van der Waals surface area contributed by atoms with Crippen LogP contribution in [-0.2, 0) is 9.59 Å². The van der Waals surface area contributed by atoms with Crippen LogP contribution in [0.1, 0.15) is 33.3 Å². The summed E-state index contributed by atoms with van der Waals surface area (Å²) in [6.45, 7) is 5.84. The summed E-state index contributed by atoms with van der Waals surface area (Å²) in [6.07, 6.45) is 1.56. The van der Waals surface area contributed by atoms with Crippen LogP contribution in [0.5, 0.6) is 11.5 Å². The minimum Gasteiger partial charge on any atom is -0.493 e. The Balaban J connectivity index is 1.29. The van der Waals surface area contributed by atoms with E-state index in [0.717, 1.165) is 21.0 Å². The van der Waals surface area contributed by atoms with E-state index in [1.165, 1.54) is 42.9 Å². The molecule has 1 unspecified atom stereocenters. The van der Waals surface area contributed by atoms with Crippen molar-refractivity contribution < 1.29 is 23.9 Å². The van der Waals surface area contributed by atoms with Crippen molar-refractivity contribution in [2.75, 3.05) is 24.9 Å². The SMILES string of the molecule is COc1ccc(/C=C(/NC(=O)c2ccccc2)C(=O)Nc2cccc(SC(C)C(=O)Nc3nc(-c4ccc(C)cc4)c(C)s3)c2)cc1OC. The van der Waals surface area contributed by atoms with Gasteiger partial charge < -0.3 is 25.4 Å². The van der Waals surface area contributed by atoms with Gasteiger partial charge in [0.15, 0.2) is 16.6 Å². The fourth-order valence-corrected chi connectivity index (χ4v) is 6.56. The maximum atomic E-state index is 13.6. The molecule has 0 saturated carbocycles. The molecule has 0 fully saturated rings. The summed E-state index contributed by atoms with van der Waals surface area (Å²) < 4.78 is 10.7. The number of aromatic nitrogens is 1. The molecule has 0 radical (unpaired) electrons. The minimum absolute atomic E-state index is 0.0237. The van der Waals surface area contributed by atoms with Gasteiger partial charge in [0.05, 0.1) is 25.2 Å². The number of amides is 3. The number of nitrogens with one attached hydrogen (secondary N) is 3. The molecule has 9 nitrogen and oxygen atoms in total. The van der Waals surface area contributed by atoms with Gasteiger partial charge in [-0.2, -0.15) is 0 Å². The largest absolute Gasteiger partial charge is 0.493 e. The average Bonchev–Trinajstić information content (AvgIpc) is 3.47. The van der Waals surface area contributed by atoms with Crippen LogP contribution in [0, 0.1) is 13.8 Å². The number of carbonyl (C=O) groups is 3. The van der Waals surface area contributed by atoms with Crippen molar-refractivity contribution in [1.82, 2.24) is 10.3 Å². The first-order valence-corrected chi connectivity index (χ1v) is 17.1. The minimum atomic E-state index is -0.532. The highest BCUT2D eigenvalue weighted by Gasteiger charge is 2.19. The Morgan fingerprint density at radius 2 is 1.57 bits per heavy atom. The number of carbonyl (C=O) groups excluding carboxylic acids is 3. The summed E-state index contributed by atoms with van der Waals surface area (Å²) in [6, 6.07) is 29.1. The summed E-state index contributed by atoms with van der Waals surface area (Å²) in [5.74, 6) is -0.147. The van der Waals surface area contributed by atoms with Gasteiger partial charge in [0, 0.05) is 26.6 Å². The van der Waals surface area contributed by atoms with Crippen LogP contribution in [0.15, 0.2) is 108 Å². The molecule has 5 rings (SSSR count). The smallest absolute Gasteiger partial charge is 0.272 e. The molecule has 11 heteroatoms. The van der Waals surface area contributed by atoms with Gasteiger partial charge in [-0.1, -0.05) is 60.2 Å². The van der Waals surface area contributed by atoms with E-state index in [1.807, 2.05) is 57.2 Å². The monoisotopic (exact) mass is 692 g/mol. The topological polar surface area (TPSA) is 119 Å². The van der Waals surface area contributed by atoms with E-state index in [0.29, 0.717) is 33.4 Å². The summed E-state index contributed by atoms with van der Waals surface area (Å²) in [5.41, 5.74) is 4.55. The zero-order valence-corrected chi connectivity index (χ0v) is 29.3. The third kappa shape index (κ3) is 9.16. The zero-order chi connectivity index (χ0) is 34.9. The van der Waals surface area contributed by atoms with E-state index >= 15 is 0 Å². The number of hydrogen-bond donors (Lipinski definition) is 3. The van der Waals surface area contributed by atoms with Crippen LogP contribution < -0.4 is 25.4 Å². The zero-order valence-electron chi connectivity index (χ0n) is 27.7. The Morgan fingerprint density at radius 3 is 2.29 bits per heavy atom. The first-order valence-electron chi connectivity index (χ1n) is 15.4. The molecule has 0 saturated heterocycles. The van der Waals surface area contributed by atoms with E-state index in [4.69, 9.17) is 9.47 Å². The summed E-state index contributed by atoms with van der Waals surface area (Å²) in [5, 5.41) is 8.66. The standard InChI is InChI=1S/C38H36N4O5S2/c1-23-14-17-27(18-15-23)34-24(2)49-38(41-34)42-35(43)25(3)48-30-13-9-12-29(22-30)39-37(45)31(40-36(44)28-10-7-6-8-11-28)20-26-16-19-32(46-4)33(21-26)47-5/h6-22,25H,1-5H3,(H,39,45)(H,40,44)(H,41,42,43)/b31-20+. The number of hydrogen-bond acceptors (Lipinski definition) is 8. The van der Waals surface area contributed by atoms with Crippen molar-refractivity contribution >= 4 is 57.7 Å². The third-order valence-electron chi connectivity index (χ3n) is 7.37. The van der Waals surface area contributed by atoms with Crippen molar-refractivity contribution in [3.05, 3.63) is 124 Å². The predicted molar refractivity (Wildman–Crippen MR) is 197 cm³/mol. The molecular weight excluding hydrogens is 657 g/mol. The van der Waals surface area contributed by atoms with Crippen LogP contribution in [-0.4, -0.2) is 42.2 Å². The fraction of sp³-hybridized carbons (Fsp3) is 0.158. The normalized spacial score (nSPS) is 11.7. The van der Waals surface area contributed by atoms with Gasteiger partial charge in [-0.25, -0.2) is 4.98 Å². The van der Waals surface area contributed by atoms with E-state index < -0.39 is 17.1 Å². The number of nitrogens with zero attached hydrogens (tertiary/aromatic N) is 1. The lowest BCUT2D eigenvalue weighted by Crippen LogP contribution is -2.30. The molecule has 0 aliphatic heterocycles. The first-order chi connectivity index (χ1) is 23.6. The Morgan fingerprint density at radius 1 is 0.837 bits per heavy atom. The number of rotatable bonds is 12. The fourth-order valence-electron chi connectivity index (χ4n) is 4.79.